The Bertz CT molecular complexity index is 1950. The molecule has 0 aromatic rings. The van der Waals surface area contributed by atoms with Gasteiger partial charge in [0.2, 0.25) is 0 Å². The van der Waals surface area contributed by atoms with E-state index in [0.717, 1.165) is 128 Å². The minimum atomic E-state index is -4.96. The van der Waals surface area contributed by atoms with Gasteiger partial charge in [0.05, 0.1) is 26.4 Å². The maximum atomic E-state index is 13.1. The van der Waals surface area contributed by atoms with E-state index in [0.29, 0.717) is 25.7 Å². The van der Waals surface area contributed by atoms with E-state index in [1.807, 2.05) is 0 Å². The molecule has 17 nitrogen and oxygen atoms in total. The van der Waals surface area contributed by atoms with Crippen molar-refractivity contribution in [2.45, 2.75) is 406 Å². The van der Waals surface area contributed by atoms with E-state index < -0.39 is 97.5 Å². The Hall–Kier alpha value is -2.46. The number of rotatable bonds is 76. The van der Waals surface area contributed by atoms with Crippen LogP contribution in [0.15, 0.2) is 24.3 Å². The number of esters is 4. The zero-order valence-corrected chi connectivity index (χ0v) is 64.5. The number of carbonyl (C=O) groups is 4. The summed E-state index contributed by atoms with van der Waals surface area (Å²) in [5.74, 6) is -1.37. The van der Waals surface area contributed by atoms with Crippen molar-refractivity contribution in [3.05, 3.63) is 24.3 Å². The van der Waals surface area contributed by atoms with Crippen molar-refractivity contribution in [2.24, 2.45) is 5.92 Å². The lowest BCUT2D eigenvalue weighted by atomic mass is 10.0. The van der Waals surface area contributed by atoms with E-state index in [1.54, 1.807) is 0 Å². The summed E-state index contributed by atoms with van der Waals surface area (Å²) in [5, 5.41) is 10.6. The molecule has 0 radical (unpaired) electrons. The molecule has 2 unspecified atom stereocenters. The zero-order valence-electron chi connectivity index (χ0n) is 62.7. The normalized spacial score (nSPS) is 14.1. The van der Waals surface area contributed by atoms with E-state index >= 15 is 0 Å². The van der Waals surface area contributed by atoms with Crippen molar-refractivity contribution in [3.63, 3.8) is 0 Å². The summed E-state index contributed by atoms with van der Waals surface area (Å²) in [7, 11) is -9.92. The van der Waals surface area contributed by atoms with Crippen molar-refractivity contribution in [1.29, 1.82) is 0 Å². The average Bonchev–Trinajstić information content (AvgIpc) is 1.33. The lowest BCUT2D eigenvalue weighted by Gasteiger charge is -2.21. The Kier molecular flexibility index (Phi) is 68.8. The van der Waals surface area contributed by atoms with Crippen molar-refractivity contribution in [1.82, 2.24) is 0 Å². The molecule has 19 heteroatoms. The third-order valence-electron chi connectivity index (χ3n) is 17.7. The van der Waals surface area contributed by atoms with Crippen LogP contribution in [0.5, 0.6) is 0 Å². The molecule has 0 fully saturated rings. The van der Waals surface area contributed by atoms with Crippen LogP contribution in [0.3, 0.4) is 0 Å². The molecule has 0 aromatic carbocycles. The van der Waals surface area contributed by atoms with Crippen LogP contribution >= 0.6 is 15.6 Å². The first-order chi connectivity index (χ1) is 47.0. The number of carbonyl (C=O) groups excluding carboxylic acids is 4. The smallest absolute Gasteiger partial charge is 0.462 e. The summed E-state index contributed by atoms with van der Waals surface area (Å²) in [5.41, 5.74) is 0. The van der Waals surface area contributed by atoms with E-state index in [2.05, 4.69) is 58.9 Å². The van der Waals surface area contributed by atoms with Crippen LogP contribution < -0.4 is 0 Å². The van der Waals surface area contributed by atoms with Crippen LogP contribution in [-0.4, -0.2) is 96.7 Å². The van der Waals surface area contributed by atoms with E-state index in [4.69, 9.17) is 37.0 Å². The van der Waals surface area contributed by atoms with E-state index in [1.165, 1.54) is 180 Å². The van der Waals surface area contributed by atoms with Gasteiger partial charge >= 0.3 is 39.5 Å². The van der Waals surface area contributed by atoms with Crippen LogP contribution in [-0.2, 0) is 65.4 Å². The highest BCUT2D eigenvalue weighted by Crippen LogP contribution is 2.45. The van der Waals surface area contributed by atoms with Gasteiger partial charge in [0, 0.05) is 25.7 Å². The topological polar surface area (TPSA) is 237 Å². The molecule has 0 aliphatic heterocycles. The maximum absolute atomic E-state index is 13.1. The molecule has 5 atom stereocenters. The molecule has 0 bridgehead atoms. The van der Waals surface area contributed by atoms with Gasteiger partial charge in [0.1, 0.15) is 19.3 Å². The molecule has 0 amide bonds. The standard InChI is InChI=1S/C78H148O17P2/c1-6-9-12-15-18-20-22-24-26-27-28-29-30-32-34-39-43-48-53-58-63-78(83)95-74(68-89-76(81)62-57-52-47-42-38-33-31-25-23-21-19-16-13-10-7-2)70-93-97(86,87)91-66-72(79)65-90-96(84,85)92-69-73(67-88-75(80)61-56-51-45-17-14-11-8-3)94-77(82)64-59-54-49-44-40-36-35-37-41-46-50-55-60-71(4)5/h21,23,25,31,71-74,79H,6-20,22,24,26-30,32-70H2,1-5H3,(H,84,85)(H,86,87)/b23-21-,31-25-/t72-,73+,74+/m0/s1. The molecule has 0 saturated heterocycles. The molecule has 0 saturated carbocycles. The van der Waals surface area contributed by atoms with Gasteiger partial charge in [0.15, 0.2) is 12.2 Å². The van der Waals surface area contributed by atoms with Crippen LogP contribution in [0.1, 0.15) is 388 Å². The van der Waals surface area contributed by atoms with Gasteiger partial charge in [-0.15, -0.1) is 0 Å². The summed E-state index contributed by atoms with van der Waals surface area (Å²) in [6.45, 7) is 7.20. The highest BCUT2D eigenvalue weighted by Gasteiger charge is 2.30. The van der Waals surface area contributed by atoms with Crippen LogP contribution in [0.2, 0.25) is 0 Å². The fraction of sp³-hybridized carbons (Fsp3) is 0.897. The largest absolute Gasteiger partial charge is 0.472 e. The van der Waals surface area contributed by atoms with Gasteiger partial charge in [-0.2, -0.15) is 0 Å². The van der Waals surface area contributed by atoms with Crippen LogP contribution in [0.4, 0.5) is 0 Å². The average molecular weight is 1420 g/mol. The fourth-order valence-corrected chi connectivity index (χ4v) is 13.1. The molecular formula is C78H148O17P2. The molecule has 0 aromatic heterocycles. The minimum Gasteiger partial charge on any atom is -0.462 e. The SMILES string of the molecule is CCCCCC/C=C\C=C/CCCCCCCC(=O)OC[C@H](COP(=O)(O)OC[C@@H](O)COP(=O)(O)OC[C@@H](COC(=O)CCCCCCCCC)OC(=O)CCCCCCCCCCCCCCC(C)C)OC(=O)CCCCCCCCCCCCCCCCCCCCCC. The summed E-state index contributed by atoms with van der Waals surface area (Å²) in [4.78, 5) is 72.7. The zero-order chi connectivity index (χ0) is 71.2. The molecular weight excluding hydrogens is 1270 g/mol. The Morgan fingerprint density at radius 2 is 0.557 bits per heavy atom. The Balaban J connectivity index is 5.21. The third kappa shape index (κ3) is 71.7. The molecule has 3 N–H and O–H groups in total. The summed E-state index contributed by atoms with van der Waals surface area (Å²) in [6.07, 6.45) is 63.4. The first kappa shape index (κ1) is 94.5. The Morgan fingerprint density at radius 1 is 0.320 bits per heavy atom. The van der Waals surface area contributed by atoms with Gasteiger partial charge in [-0.05, 0) is 57.3 Å². The van der Waals surface area contributed by atoms with Crippen molar-refractivity contribution in [3.8, 4) is 0 Å². The van der Waals surface area contributed by atoms with Gasteiger partial charge in [-0.3, -0.25) is 37.3 Å². The third-order valence-corrected chi connectivity index (χ3v) is 19.6. The summed E-state index contributed by atoms with van der Waals surface area (Å²) in [6, 6.07) is 0. The molecule has 0 rings (SSSR count). The fourth-order valence-electron chi connectivity index (χ4n) is 11.5. The highest BCUT2D eigenvalue weighted by atomic mass is 31.2. The monoisotopic (exact) mass is 1420 g/mol. The molecule has 0 spiro atoms. The molecule has 0 aliphatic carbocycles. The second-order valence-electron chi connectivity index (χ2n) is 27.9. The maximum Gasteiger partial charge on any atom is 0.472 e. The van der Waals surface area contributed by atoms with Gasteiger partial charge in [-0.25, -0.2) is 9.13 Å². The van der Waals surface area contributed by atoms with Gasteiger partial charge < -0.3 is 33.8 Å². The Labute approximate surface area is 592 Å². The summed E-state index contributed by atoms with van der Waals surface area (Å²) >= 11 is 0. The Morgan fingerprint density at radius 3 is 0.845 bits per heavy atom. The molecule has 0 aliphatic rings. The number of allylic oxidation sites excluding steroid dienone is 4. The first-order valence-electron chi connectivity index (χ1n) is 40.0. The molecule has 0 heterocycles. The molecule has 97 heavy (non-hydrogen) atoms. The lowest BCUT2D eigenvalue weighted by Crippen LogP contribution is -2.30. The van der Waals surface area contributed by atoms with Crippen LogP contribution in [0, 0.1) is 5.92 Å². The van der Waals surface area contributed by atoms with E-state index in [9.17, 15) is 43.2 Å². The number of aliphatic hydroxyl groups is 1. The second kappa shape index (κ2) is 70.6. The number of phosphoric acid groups is 2. The number of hydrogen-bond donors (Lipinski definition) is 3. The number of hydrogen-bond acceptors (Lipinski definition) is 15. The van der Waals surface area contributed by atoms with Gasteiger partial charge in [0.25, 0.3) is 0 Å². The predicted octanol–water partition coefficient (Wildman–Crippen LogP) is 22.8. The highest BCUT2D eigenvalue weighted by molar-refractivity contribution is 7.47. The number of ether oxygens (including phenoxy) is 4. The number of unbranched alkanes of at least 4 members (excludes halogenated alkanes) is 45. The van der Waals surface area contributed by atoms with Gasteiger partial charge in [-0.1, -0.05) is 335 Å². The predicted molar refractivity (Wildman–Crippen MR) is 395 cm³/mol. The minimum absolute atomic E-state index is 0.102. The second-order valence-corrected chi connectivity index (χ2v) is 30.8. The van der Waals surface area contributed by atoms with Crippen molar-refractivity contribution < 1.29 is 80.2 Å². The lowest BCUT2D eigenvalue weighted by molar-refractivity contribution is -0.161. The van der Waals surface area contributed by atoms with Crippen molar-refractivity contribution >= 4 is 39.5 Å². The first-order valence-corrected chi connectivity index (χ1v) is 42.9. The summed E-state index contributed by atoms with van der Waals surface area (Å²) < 4.78 is 68.4. The van der Waals surface area contributed by atoms with Crippen molar-refractivity contribution in [2.75, 3.05) is 39.6 Å². The number of phosphoric ester groups is 2. The quantitative estimate of drug-likeness (QED) is 0.0169. The molecule has 572 valence electrons. The van der Waals surface area contributed by atoms with Crippen LogP contribution in [0.25, 0.3) is 0 Å². The van der Waals surface area contributed by atoms with E-state index in [-0.39, 0.29) is 25.7 Å². The number of aliphatic hydroxyl groups excluding tert-OH is 1.